The van der Waals surface area contributed by atoms with E-state index in [0.29, 0.717) is 19.0 Å². The molecule has 1 heterocycles. The van der Waals surface area contributed by atoms with E-state index >= 15 is 0 Å². The highest BCUT2D eigenvalue weighted by atomic mass is 127. The van der Waals surface area contributed by atoms with Crippen LogP contribution in [0.15, 0.2) is 35.6 Å². The third-order valence-corrected chi connectivity index (χ3v) is 3.61. The number of hydrogen-bond acceptors (Lipinski definition) is 4. The molecule has 2 amide bonds. The molecule has 0 aliphatic rings. The van der Waals surface area contributed by atoms with Crippen LogP contribution in [0.5, 0.6) is 0 Å². The van der Waals surface area contributed by atoms with Gasteiger partial charge in [-0.2, -0.15) is 5.10 Å². The average Bonchev–Trinajstić information content (AvgIpc) is 3.03. The number of aliphatic imine (C=N–C) groups is 1. The largest absolute Gasteiger partial charge is 0.357 e. The maximum absolute atomic E-state index is 11.7. The first-order chi connectivity index (χ1) is 13.0. The Morgan fingerprint density at radius 2 is 1.93 bits per heavy atom. The molecule has 0 aliphatic heterocycles. The lowest BCUT2D eigenvalue weighted by atomic mass is 10.2. The number of carbonyl (C=O) groups is 1. The van der Waals surface area contributed by atoms with Gasteiger partial charge < -0.3 is 21.3 Å². The quantitative estimate of drug-likeness (QED) is 0.265. The Bertz CT molecular complexity index is 757. The van der Waals surface area contributed by atoms with Gasteiger partial charge in [0.05, 0.1) is 13.1 Å². The SMILES string of the molecule is CCNC(=NCc1ccc(NC(=O)NC(C)C)cc1)NCc1ncnn1C.I. The number of hydrogen-bond donors (Lipinski definition) is 4. The molecule has 0 spiro atoms. The van der Waals surface area contributed by atoms with Crippen molar-refractivity contribution >= 4 is 41.7 Å². The molecule has 154 valence electrons. The number of amides is 2. The van der Waals surface area contributed by atoms with E-state index in [1.54, 1.807) is 4.68 Å². The Labute approximate surface area is 182 Å². The van der Waals surface area contributed by atoms with Gasteiger partial charge in [0.15, 0.2) is 5.96 Å². The summed E-state index contributed by atoms with van der Waals surface area (Å²) < 4.78 is 1.72. The Balaban J connectivity index is 0.00000392. The molecule has 0 bridgehead atoms. The number of anilines is 1. The van der Waals surface area contributed by atoms with E-state index in [4.69, 9.17) is 0 Å². The van der Waals surface area contributed by atoms with Crippen molar-refractivity contribution in [1.82, 2.24) is 30.7 Å². The number of guanidine groups is 1. The third kappa shape index (κ3) is 8.11. The fourth-order valence-corrected chi connectivity index (χ4v) is 2.28. The molecule has 0 saturated heterocycles. The number of nitrogens with zero attached hydrogens (tertiary/aromatic N) is 4. The number of urea groups is 1. The van der Waals surface area contributed by atoms with Crippen LogP contribution in [0.4, 0.5) is 10.5 Å². The van der Waals surface area contributed by atoms with Crippen molar-refractivity contribution < 1.29 is 4.79 Å². The minimum Gasteiger partial charge on any atom is -0.357 e. The van der Waals surface area contributed by atoms with E-state index in [0.717, 1.165) is 23.6 Å². The van der Waals surface area contributed by atoms with Crippen molar-refractivity contribution in [3.63, 3.8) is 0 Å². The van der Waals surface area contributed by atoms with Gasteiger partial charge in [-0.15, -0.1) is 24.0 Å². The Morgan fingerprint density at radius 1 is 1.21 bits per heavy atom. The van der Waals surface area contributed by atoms with E-state index in [1.807, 2.05) is 52.1 Å². The molecule has 1 aromatic carbocycles. The van der Waals surface area contributed by atoms with Crippen molar-refractivity contribution in [2.24, 2.45) is 12.0 Å². The smallest absolute Gasteiger partial charge is 0.319 e. The van der Waals surface area contributed by atoms with Crippen molar-refractivity contribution in [2.75, 3.05) is 11.9 Å². The van der Waals surface area contributed by atoms with E-state index in [-0.39, 0.29) is 36.0 Å². The zero-order chi connectivity index (χ0) is 19.6. The third-order valence-electron chi connectivity index (χ3n) is 3.61. The van der Waals surface area contributed by atoms with Crippen LogP contribution in [0.25, 0.3) is 0 Å². The summed E-state index contributed by atoms with van der Waals surface area (Å²) in [5.74, 6) is 1.54. The second-order valence-electron chi connectivity index (χ2n) is 6.30. The maximum Gasteiger partial charge on any atom is 0.319 e. The van der Waals surface area contributed by atoms with Crippen molar-refractivity contribution in [3.8, 4) is 0 Å². The van der Waals surface area contributed by atoms with Crippen LogP contribution in [-0.2, 0) is 20.1 Å². The minimum atomic E-state index is -0.210. The summed E-state index contributed by atoms with van der Waals surface area (Å²) >= 11 is 0. The minimum absolute atomic E-state index is 0. The lowest BCUT2D eigenvalue weighted by Gasteiger charge is -2.11. The maximum atomic E-state index is 11.7. The monoisotopic (exact) mass is 500 g/mol. The first-order valence-corrected chi connectivity index (χ1v) is 8.99. The lowest BCUT2D eigenvalue weighted by Crippen LogP contribution is -2.37. The Morgan fingerprint density at radius 3 is 2.50 bits per heavy atom. The molecule has 1 aromatic heterocycles. The first kappa shape index (κ1) is 23.7. The van der Waals surface area contributed by atoms with Crippen molar-refractivity contribution in [2.45, 2.75) is 39.9 Å². The molecular weight excluding hydrogens is 471 g/mol. The highest BCUT2D eigenvalue weighted by Crippen LogP contribution is 2.10. The fraction of sp³-hybridized carbons (Fsp3) is 0.444. The van der Waals surface area contributed by atoms with Crippen LogP contribution in [-0.4, -0.2) is 39.3 Å². The van der Waals surface area contributed by atoms with Gasteiger partial charge in [0, 0.05) is 25.3 Å². The zero-order valence-corrected chi connectivity index (χ0v) is 19.0. The molecule has 10 heteroatoms. The molecule has 0 fully saturated rings. The number of aryl methyl sites for hydroxylation is 1. The molecule has 0 aliphatic carbocycles. The number of rotatable bonds is 7. The van der Waals surface area contributed by atoms with Crippen molar-refractivity contribution in [3.05, 3.63) is 42.0 Å². The molecule has 0 atom stereocenters. The van der Waals surface area contributed by atoms with Crippen LogP contribution < -0.4 is 21.3 Å². The summed E-state index contributed by atoms with van der Waals surface area (Å²) in [5.41, 5.74) is 1.79. The predicted octanol–water partition coefficient (Wildman–Crippen LogP) is 2.22. The molecule has 0 saturated carbocycles. The van der Waals surface area contributed by atoms with Gasteiger partial charge >= 0.3 is 6.03 Å². The molecular formula is C18H29IN8O. The molecule has 4 N–H and O–H groups in total. The van der Waals surface area contributed by atoms with Gasteiger partial charge in [0.25, 0.3) is 0 Å². The standard InChI is InChI=1S/C18H28N8O.HI/c1-5-19-17(21-11-16-22-12-23-26(16)4)20-10-14-6-8-15(9-7-14)25-18(27)24-13(2)3;/h6-9,12-13H,5,10-11H2,1-4H3,(H2,19,20,21)(H2,24,25,27);1H. The Kier molecular flexibility index (Phi) is 10.3. The molecule has 28 heavy (non-hydrogen) atoms. The van der Waals surface area contributed by atoms with E-state index < -0.39 is 0 Å². The van der Waals surface area contributed by atoms with E-state index in [1.165, 1.54) is 6.33 Å². The van der Waals surface area contributed by atoms with Crippen LogP contribution in [0, 0.1) is 0 Å². The molecule has 0 radical (unpaired) electrons. The molecule has 9 nitrogen and oxygen atoms in total. The zero-order valence-electron chi connectivity index (χ0n) is 16.7. The summed E-state index contributed by atoms with van der Waals surface area (Å²) in [6, 6.07) is 7.51. The molecule has 0 unspecified atom stereocenters. The van der Waals surface area contributed by atoms with Gasteiger partial charge in [0.2, 0.25) is 0 Å². The van der Waals surface area contributed by atoms with Gasteiger partial charge in [0.1, 0.15) is 12.2 Å². The second kappa shape index (κ2) is 12.2. The first-order valence-electron chi connectivity index (χ1n) is 8.99. The predicted molar refractivity (Wildman–Crippen MR) is 122 cm³/mol. The van der Waals surface area contributed by atoms with Gasteiger partial charge in [-0.3, -0.25) is 4.68 Å². The van der Waals surface area contributed by atoms with Gasteiger partial charge in [-0.1, -0.05) is 12.1 Å². The van der Waals surface area contributed by atoms with Gasteiger partial charge in [-0.25, -0.2) is 14.8 Å². The summed E-state index contributed by atoms with van der Waals surface area (Å²) in [4.78, 5) is 20.5. The lowest BCUT2D eigenvalue weighted by molar-refractivity contribution is 0.250. The number of aromatic nitrogens is 3. The van der Waals surface area contributed by atoms with Crippen LogP contribution in [0.1, 0.15) is 32.2 Å². The second-order valence-corrected chi connectivity index (χ2v) is 6.30. The number of nitrogens with one attached hydrogen (secondary N) is 4. The van der Waals surface area contributed by atoms with Crippen LogP contribution >= 0.6 is 24.0 Å². The highest BCUT2D eigenvalue weighted by molar-refractivity contribution is 14.0. The molecule has 2 rings (SSSR count). The normalized spacial score (nSPS) is 11.0. The fourth-order valence-electron chi connectivity index (χ4n) is 2.28. The summed E-state index contributed by atoms with van der Waals surface area (Å²) in [6.45, 7) is 7.67. The van der Waals surface area contributed by atoms with E-state index in [9.17, 15) is 4.79 Å². The van der Waals surface area contributed by atoms with E-state index in [2.05, 4.69) is 36.3 Å². The summed E-state index contributed by atoms with van der Waals surface area (Å²) in [6.07, 6.45) is 1.53. The topological polar surface area (TPSA) is 108 Å². The van der Waals surface area contributed by atoms with Gasteiger partial charge in [-0.05, 0) is 38.5 Å². The van der Waals surface area contributed by atoms with Crippen molar-refractivity contribution in [1.29, 1.82) is 0 Å². The van der Waals surface area contributed by atoms with Crippen LogP contribution in [0.3, 0.4) is 0 Å². The number of carbonyl (C=O) groups excluding carboxylic acids is 1. The average molecular weight is 500 g/mol. The Hall–Kier alpha value is -2.37. The number of benzene rings is 1. The highest BCUT2D eigenvalue weighted by Gasteiger charge is 2.04. The summed E-state index contributed by atoms with van der Waals surface area (Å²) in [7, 11) is 1.85. The molecule has 2 aromatic rings. The number of halogens is 1. The summed E-state index contributed by atoms with van der Waals surface area (Å²) in [5, 5.41) is 16.1. The van der Waals surface area contributed by atoms with Crippen LogP contribution in [0.2, 0.25) is 0 Å².